The van der Waals surface area contributed by atoms with Crippen molar-refractivity contribution in [2.24, 2.45) is 0 Å². The summed E-state index contributed by atoms with van der Waals surface area (Å²) in [4.78, 5) is 10.6. The van der Waals surface area contributed by atoms with E-state index in [1.807, 2.05) is 6.92 Å². The Hall–Kier alpha value is -1.78. The van der Waals surface area contributed by atoms with Crippen LogP contribution in [-0.2, 0) is 0 Å². The van der Waals surface area contributed by atoms with Crippen LogP contribution in [0.2, 0.25) is 10.0 Å². The third kappa shape index (κ3) is 3.03. The van der Waals surface area contributed by atoms with E-state index in [9.17, 15) is 10.1 Å². The number of para-hydroxylation sites is 2. The molecule has 1 atom stereocenters. The Morgan fingerprint density at radius 2 is 1.70 bits per heavy atom. The van der Waals surface area contributed by atoms with Gasteiger partial charge in [-0.05, 0) is 19.1 Å². The molecule has 0 aromatic heterocycles. The predicted octanol–water partition coefficient (Wildman–Crippen LogP) is 5.07. The van der Waals surface area contributed by atoms with E-state index < -0.39 is 4.92 Å². The Kier molecular flexibility index (Phi) is 4.47. The average molecular weight is 311 g/mol. The van der Waals surface area contributed by atoms with Crippen LogP contribution >= 0.6 is 23.2 Å². The number of anilines is 1. The molecule has 104 valence electrons. The highest BCUT2D eigenvalue weighted by molar-refractivity contribution is 6.39. The van der Waals surface area contributed by atoms with Crippen LogP contribution in [0.4, 0.5) is 11.4 Å². The Balaban J connectivity index is 2.34. The molecule has 0 saturated heterocycles. The zero-order chi connectivity index (χ0) is 14.7. The van der Waals surface area contributed by atoms with Crippen molar-refractivity contribution in [3.63, 3.8) is 0 Å². The molecule has 0 radical (unpaired) electrons. The molecule has 0 spiro atoms. The molecule has 6 heteroatoms. The van der Waals surface area contributed by atoms with Gasteiger partial charge in [0.25, 0.3) is 5.69 Å². The van der Waals surface area contributed by atoms with Crippen LogP contribution in [-0.4, -0.2) is 4.92 Å². The largest absolute Gasteiger partial charge is 0.376 e. The van der Waals surface area contributed by atoms with Gasteiger partial charge in [0.15, 0.2) is 0 Å². The molecule has 20 heavy (non-hydrogen) atoms. The van der Waals surface area contributed by atoms with Gasteiger partial charge < -0.3 is 5.32 Å². The van der Waals surface area contributed by atoms with Gasteiger partial charge in [-0.3, -0.25) is 10.1 Å². The summed E-state index contributed by atoms with van der Waals surface area (Å²) in [6.07, 6.45) is 0. The molecule has 1 N–H and O–H groups in total. The minimum absolute atomic E-state index is 0.0654. The fourth-order valence-corrected chi connectivity index (χ4v) is 2.46. The number of hydrogen-bond acceptors (Lipinski definition) is 3. The minimum atomic E-state index is -0.401. The number of benzene rings is 2. The number of nitrogens with one attached hydrogen (secondary N) is 1. The fraction of sp³-hybridized carbons (Fsp3) is 0.143. The second-order valence-corrected chi connectivity index (χ2v) is 5.09. The first-order chi connectivity index (χ1) is 9.50. The summed E-state index contributed by atoms with van der Waals surface area (Å²) in [6.45, 7) is 1.82. The maximum Gasteiger partial charge on any atom is 0.274 e. The topological polar surface area (TPSA) is 55.2 Å². The Bertz CT molecular complexity index is 627. The zero-order valence-electron chi connectivity index (χ0n) is 10.6. The molecule has 0 aliphatic carbocycles. The smallest absolute Gasteiger partial charge is 0.274 e. The third-order valence-electron chi connectivity index (χ3n) is 2.92. The highest BCUT2D eigenvalue weighted by atomic mass is 35.5. The maximum absolute atomic E-state index is 11.0. The molecule has 1 unspecified atom stereocenters. The summed E-state index contributed by atoms with van der Waals surface area (Å²) < 4.78 is 0. The van der Waals surface area contributed by atoms with E-state index in [4.69, 9.17) is 23.2 Å². The zero-order valence-corrected chi connectivity index (χ0v) is 12.2. The number of halogens is 2. The highest BCUT2D eigenvalue weighted by Crippen LogP contribution is 2.34. The van der Waals surface area contributed by atoms with E-state index in [-0.39, 0.29) is 11.7 Å². The number of nitro benzene ring substituents is 1. The first-order valence-corrected chi connectivity index (χ1v) is 6.70. The monoisotopic (exact) mass is 310 g/mol. The van der Waals surface area contributed by atoms with Crippen LogP contribution in [0.25, 0.3) is 0 Å². The van der Waals surface area contributed by atoms with Crippen LogP contribution in [0.15, 0.2) is 42.5 Å². The van der Waals surface area contributed by atoms with Gasteiger partial charge in [-0.1, -0.05) is 47.5 Å². The lowest BCUT2D eigenvalue weighted by molar-refractivity contribution is -0.385. The molecule has 2 aromatic rings. The molecular weight excluding hydrogens is 299 g/mol. The van der Waals surface area contributed by atoms with Crippen LogP contribution in [0.5, 0.6) is 0 Å². The molecular formula is C14H12Cl2N2O2. The van der Waals surface area contributed by atoms with E-state index in [1.165, 1.54) is 6.07 Å². The molecule has 0 amide bonds. The van der Waals surface area contributed by atoms with Crippen LogP contribution in [0, 0.1) is 10.1 Å². The van der Waals surface area contributed by atoms with E-state index in [0.717, 1.165) is 0 Å². The van der Waals surface area contributed by atoms with Crippen molar-refractivity contribution in [3.8, 4) is 0 Å². The highest BCUT2D eigenvalue weighted by Gasteiger charge is 2.19. The van der Waals surface area contributed by atoms with Gasteiger partial charge in [0.05, 0.1) is 32.3 Å². The second-order valence-electron chi connectivity index (χ2n) is 4.28. The summed E-state index contributed by atoms with van der Waals surface area (Å²) in [7, 11) is 0. The molecule has 0 heterocycles. The van der Waals surface area contributed by atoms with Crippen molar-refractivity contribution in [1.82, 2.24) is 0 Å². The predicted molar refractivity (Wildman–Crippen MR) is 81.6 cm³/mol. The molecule has 0 bridgehead atoms. The summed E-state index contributed by atoms with van der Waals surface area (Å²) in [5.74, 6) is 0. The van der Waals surface area contributed by atoms with E-state index >= 15 is 0 Å². The quantitative estimate of drug-likeness (QED) is 0.633. The van der Waals surface area contributed by atoms with Crippen molar-refractivity contribution in [2.75, 3.05) is 5.32 Å². The molecule has 4 nitrogen and oxygen atoms in total. The van der Waals surface area contributed by atoms with Gasteiger partial charge >= 0.3 is 0 Å². The molecule has 0 aliphatic rings. The molecule has 2 rings (SSSR count). The summed E-state index contributed by atoms with van der Waals surface area (Å²) >= 11 is 12.2. The van der Waals surface area contributed by atoms with Gasteiger partial charge in [-0.15, -0.1) is 0 Å². The van der Waals surface area contributed by atoms with Crippen LogP contribution < -0.4 is 5.32 Å². The lowest BCUT2D eigenvalue weighted by atomic mass is 10.1. The fourth-order valence-electron chi connectivity index (χ4n) is 1.95. The van der Waals surface area contributed by atoms with Gasteiger partial charge in [0.2, 0.25) is 0 Å². The maximum atomic E-state index is 11.0. The number of nitrogens with zero attached hydrogens (tertiary/aromatic N) is 1. The normalized spacial score (nSPS) is 11.9. The van der Waals surface area contributed by atoms with E-state index in [1.54, 1.807) is 36.4 Å². The van der Waals surface area contributed by atoms with Crippen molar-refractivity contribution in [3.05, 3.63) is 68.2 Å². The van der Waals surface area contributed by atoms with Gasteiger partial charge in [0.1, 0.15) is 0 Å². The lowest BCUT2D eigenvalue weighted by Gasteiger charge is -2.17. The minimum Gasteiger partial charge on any atom is -0.376 e. The van der Waals surface area contributed by atoms with Crippen LogP contribution in [0.1, 0.15) is 18.5 Å². The van der Waals surface area contributed by atoms with Gasteiger partial charge in [-0.2, -0.15) is 0 Å². The number of nitro groups is 1. The summed E-state index contributed by atoms with van der Waals surface area (Å²) in [5.41, 5.74) is 1.21. The second kappa shape index (κ2) is 6.11. The molecule has 0 fully saturated rings. The standard InChI is InChI=1S/C14H12Cl2N2O2/c1-9(10-5-2-3-8-13(10)18(19)20)17-14-11(15)6-4-7-12(14)16/h2-9,17H,1H3. The van der Waals surface area contributed by atoms with Crippen molar-refractivity contribution in [1.29, 1.82) is 0 Å². The van der Waals surface area contributed by atoms with E-state index in [0.29, 0.717) is 21.3 Å². The van der Waals surface area contributed by atoms with Gasteiger partial charge in [-0.25, -0.2) is 0 Å². The lowest BCUT2D eigenvalue weighted by Crippen LogP contribution is -2.09. The summed E-state index contributed by atoms with van der Waals surface area (Å²) in [6, 6.07) is 11.4. The first-order valence-electron chi connectivity index (χ1n) is 5.94. The van der Waals surface area contributed by atoms with Crippen molar-refractivity contribution in [2.45, 2.75) is 13.0 Å². The van der Waals surface area contributed by atoms with Crippen molar-refractivity contribution < 1.29 is 4.92 Å². The van der Waals surface area contributed by atoms with E-state index in [2.05, 4.69) is 5.32 Å². The average Bonchev–Trinajstić information content (AvgIpc) is 2.43. The number of rotatable bonds is 4. The Morgan fingerprint density at radius 3 is 2.30 bits per heavy atom. The SMILES string of the molecule is CC(Nc1c(Cl)cccc1Cl)c1ccccc1[N+](=O)[O-]. The molecule has 2 aromatic carbocycles. The molecule has 0 aliphatic heterocycles. The van der Waals surface area contributed by atoms with Gasteiger partial charge in [0, 0.05) is 6.07 Å². The molecule has 0 saturated carbocycles. The summed E-state index contributed by atoms with van der Waals surface area (Å²) in [5, 5.41) is 15.1. The van der Waals surface area contributed by atoms with Crippen molar-refractivity contribution >= 4 is 34.6 Å². The third-order valence-corrected chi connectivity index (χ3v) is 3.55. The first kappa shape index (κ1) is 14.6. The Labute approximate surface area is 126 Å². The Morgan fingerprint density at radius 1 is 1.10 bits per heavy atom. The number of hydrogen-bond donors (Lipinski definition) is 1. The van der Waals surface area contributed by atoms with Crippen LogP contribution in [0.3, 0.4) is 0 Å².